The number of hydrogen-bond donors (Lipinski definition) is 0. The molecular weight excluding hydrogens is 424 g/mol. The molecule has 0 saturated heterocycles. The first-order valence-corrected chi connectivity index (χ1v) is 7.47. The summed E-state index contributed by atoms with van der Waals surface area (Å²) in [6, 6.07) is 5.39. The molecule has 2 aromatic rings. The molecule has 2 rings (SSSR count). The fourth-order valence-electron chi connectivity index (χ4n) is 2.39. The molecular formula is C16H9BrF8. The minimum absolute atomic E-state index is 0.0109. The molecule has 0 N–H and O–H groups in total. The normalized spacial score (nSPS) is 13.2. The van der Waals surface area contributed by atoms with E-state index in [9.17, 15) is 35.1 Å². The summed E-state index contributed by atoms with van der Waals surface area (Å²) in [5, 5.41) is 0. The quantitative estimate of drug-likeness (QED) is 0.455. The molecule has 0 nitrogen and oxygen atoms in total. The third kappa shape index (κ3) is 3.38. The van der Waals surface area contributed by atoms with Gasteiger partial charge in [-0.2, -0.15) is 26.3 Å². The first-order chi connectivity index (χ1) is 11.3. The van der Waals surface area contributed by atoms with Crippen LogP contribution >= 0.6 is 15.9 Å². The largest absolute Gasteiger partial charge is 0.435 e. The van der Waals surface area contributed by atoms with Crippen LogP contribution < -0.4 is 0 Å². The van der Waals surface area contributed by atoms with E-state index in [2.05, 4.69) is 15.9 Å². The summed E-state index contributed by atoms with van der Waals surface area (Å²) in [4.78, 5) is 0. The standard InChI is InChI=1S/C16H9BrF8/c1-8-6-11(14(19,15(20,21)22)16(23,24)25)13(12(17)7-8)9-2-4-10(18)5-3-9/h2-7H,1H3. The molecule has 9 heteroatoms. The molecule has 136 valence electrons. The summed E-state index contributed by atoms with van der Waals surface area (Å²) in [7, 11) is 0. The van der Waals surface area contributed by atoms with Gasteiger partial charge in [0.2, 0.25) is 0 Å². The van der Waals surface area contributed by atoms with Crippen LogP contribution in [0.4, 0.5) is 35.1 Å². The Morgan fingerprint density at radius 2 is 1.28 bits per heavy atom. The van der Waals surface area contributed by atoms with Crippen molar-refractivity contribution >= 4 is 15.9 Å². The van der Waals surface area contributed by atoms with Gasteiger partial charge < -0.3 is 0 Å². The van der Waals surface area contributed by atoms with E-state index in [-0.39, 0.29) is 15.6 Å². The van der Waals surface area contributed by atoms with Crippen molar-refractivity contribution in [2.75, 3.05) is 0 Å². The number of benzene rings is 2. The average molecular weight is 433 g/mol. The predicted molar refractivity (Wildman–Crippen MR) is 79.2 cm³/mol. The Hall–Kier alpha value is -1.64. The van der Waals surface area contributed by atoms with E-state index in [1.54, 1.807) is 0 Å². The Kier molecular flexibility index (Phi) is 4.93. The molecule has 0 aliphatic rings. The van der Waals surface area contributed by atoms with Gasteiger partial charge in [-0.15, -0.1) is 0 Å². The van der Waals surface area contributed by atoms with Crippen LogP contribution in [-0.4, -0.2) is 12.4 Å². The molecule has 0 spiro atoms. The summed E-state index contributed by atoms with van der Waals surface area (Å²) >= 11 is 2.88. The van der Waals surface area contributed by atoms with E-state index in [1.165, 1.54) is 13.0 Å². The van der Waals surface area contributed by atoms with E-state index >= 15 is 0 Å². The van der Waals surface area contributed by atoms with Crippen LogP contribution in [0.3, 0.4) is 0 Å². The minimum Gasteiger partial charge on any atom is -0.218 e. The first-order valence-electron chi connectivity index (χ1n) is 6.68. The van der Waals surface area contributed by atoms with Crippen LogP contribution in [0, 0.1) is 12.7 Å². The second-order valence-corrected chi connectivity index (χ2v) is 6.18. The lowest BCUT2D eigenvalue weighted by Crippen LogP contribution is -2.50. The zero-order valence-corrected chi connectivity index (χ0v) is 14.0. The maximum absolute atomic E-state index is 14.6. The first kappa shape index (κ1) is 19.7. The molecule has 2 aromatic carbocycles. The van der Waals surface area contributed by atoms with Crippen molar-refractivity contribution in [3.05, 3.63) is 57.8 Å². The minimum atomic E-state index is -6.24. The average Bonchev–Trinajstić information content (AvgIpc) is 2.44. The molecule has 0 aromatic heterocycles. The number of hydrogen-bond acceptors (Lipinski definition) is 0. The maximum atomic E-state index is 14.6. The van der Waals surface area contributed by atoms with Crippen molar-refractivity contribution in [2.24, 2.45) is 0 Å². The molecule has 0 radical (unpaired) electrons. The number of rotatable bonds is 2. The van der Waals surface area contributed by atoms with E-state index in [4.69, 9.17) is 0 Å². The van der Waals surface area contributed by atoms with E-state index < -0.39 is 35.0 Å². The summed E-state index contributed by atoms with van der Waals surface area (Å²) in [6.07, 6.45) is -12.5. The molecule has 0 fully saturated rings. The van der Waals surface area contributed by atoms with Gasteiger partial charge >= 0.3 is 18.0 Å². The molecule has 0 aliphatic heterocycles. The summed E-state index contributed by atoms with van der Waals surface area (Å²) in [6.45, 7) is 1.23. The van der Waals surface area contributed by atoms with Gasteiger partial charge in [-0.05, 0) is 36.2 Å². The van der Waals surface area contributed by atoms with Gasteiger partial charge in [0.05, 0.1) is 0 Å². The molecule has 0 atom stereocenters. The van der Waals surface area contributed by atoms with Crippen LogP contribution in [0.5, 0.6) is 0 Å². The van der Waals surface area contributed by atoms with E-state index in [0.29, 0.717) is 6.07 Å². The van der Waals surface area contributed by atoms with Crippen LogP contribution in [0.1, 0.15) is 11.1 Å². The fraction of sp³-hybridized carbons (Fsp3) is 0.250. The smallest absolute Gasteiger partial charge is 0.218 e. The predicted octanol–water partition coefficient (Wildman–Crippen LogP) is 6.85. The summed E-state index contributed by atoms with van der Waals surface area (Å²) in [5.74, 6) is -0.744. The van der Waals surface area contributed by atoms with Crippen molar-refractivity contribution in [3.63, 3.8) is 0 Å². The van der Waals surface area contributed by atoms with Crippen molar-refractivity contribution < 1.29 is 35.1 Å². The Balaban J connectivity index is 2.91. The third-order valence-corrected chi connectivity index (χ3v) is 4.15. The van der Waals surface area contributed by atoms with Crippen molar-refractivity contribution in [2.45, 2.75) is 24.9 Å². The van der Waals surface area contributed by atoms with Crippen molar-refractivity contribution in [1.82, 2.24) is 0 Å². The van der Waals surface area contributed by atoms with Gasteiger partial charge in [0.15, 0.2) is 0 Å². The molecule has 0 aliphatic carbocycles. The fourth-order valence-corrected chi connectivity index (χ4v) is 3.19. The zero-order chi connectivity index (χ0) is 19.2. The summed E-state index contributed by atoms with van der Waals surface area (Å²) < 4.78 is 106. The number of aryl methyl sites for hydroxylation is 1. The van der Waals surface area contributed by atoms with Crippen LogP contribution in [0.2, 0.25) is 0 Å². The lowest BCUT2D eigenvalue weighted by molar-refractivity contribution is -0.348. The highest BCUT2D eigenvalue weighted by atomic mass is 79.9. The van der Waals surface area contributed by atoms with Crippen LogP contribution in [-0.2, 0) is 5.67 Å². The van der Waals surface area contributed by atoms with E-state index in [0.717, 1.165) is 24.3 Å². The van der Waals surface area contributed by atoms with Crippen LogP contribution in [0.25, 0.3) is 11.1 Å². The van der Waals surface area contributed by atoms with Gasteiger partial charge in [0.25, 0.3) is 0 Å². The van der Waals surface area contributed by atoms with Gasteiger partial charge in [0, 0.05) is 15.6 Å². The second kappa shape index (κ2) is 6.26. The SMILES string of the molecule is Cc1cc(Br)c(-c2ccc(F)cc2)c(C(F)(C(F)(F)F)C(F)(F)F)c1. The van der Waals surface area contributed by atoms with Crippen molar-refractivity contribution in [3.8, 4) is 11.1 Å². The highest BCUT2D eigenvalue weighted by Crippen LogP contribution is 2.56. The molecule has 0 heterocycles. The Bertz CT molecular complexity index is 760. The molecule has 0 bridgehead atoms. The monoisotopic (exact) mass is 432 g/mol. The topological polar surface area (TPSA) is 0 Å². The Morgan fingerprint density at radius 3 is 1.72 bits per heavy atom. The van der Waals surface area contributed by atoms with Gasteiger partial charge in [0.1, 0.15) is 5.82 Å². The lowest BCUT2D eigenvalue weighted by atomic mass is 9.86. The van der Waals surface area contributed by atoms with Crippen molar-refractivity contribution in [1.29, 1.82) is 0 Å². The number of halogens is 9. The zero-order valence-electron chi connectivity index (χ0n) is 12.4. The second-order valence-electron chi connectivity index (χ2n) is 5.33. The molecule has 0 unspecified atom stereocenters. The van der Waals surface area contributed by atoms with E-state index in [1.807, 2.05) is 0 Å². The molecule has 25 heavy (non-hydrogen) atoms. The molecule has 0 saturated carbocycles. The third-order valence-electron chi connectivity index (χ3n) is 3.52. The molecule has 0 amide bonds. The van der Waals surface area contributed by atoms with Gasteiger partial charge in [-0.25, -0.2) is 8.78 Å². The van der Waals surface area contributed by atoms with Gasteiger partial charge in [-0.3, -0.25) is 0 Å². The van der Waals surface area contributed by atoms with Crippen LogP contribution in [0.15, 0.2) is 40.9 Å². The van der Waals surface area contributed by atoms with Gasteiger partial charge in [-0.1, -0.05) is 34.1 Å². The number of alkyl halides is 7. The summed E-state index contributed by atoms with van der Waals surface area (Å²) in [5.41, 5.74) is -8.05. The Morgan fingerprint density at radius 1 is 0.800 bits per heavy atom. The lowest BCUT2D eigenvalue weighted by Gasteiger charge is -2.32. The highest BCUT2D eigenvalue weighted by Gasteiger charge is 2.74. The highest BCUT2D eigenvalue weighted by molar-refractivity contribution is 9.10. The maximum Gasteiger partial charge on any atom is 0.435 e. The Labute approximate surface area is 145 Å².